The van der Waals surface area contributed by atoms with E-state index in [1.54, 1.807) is 0 Å². The second kappa shape index (κ2) is 13.4. The molecule has 0 saturated heterocycles. The fourth-order valence-corrected chi connectivity index (χ4v) is 2.33. The summed E-state index contributed by atoms with van der Waals surface area (Å²) in [5.41, 5.74) is 5.79. The fourth-order valence-electron chi connectivity index (χ4n) is 2.33. The van der Waals surface area contributed by atoms with Crippen LogP contribution in [0, 0.1) is 0 Å². The molecule has 2 heteroatoms. The van der Waals surface area contributed by atoms with E-state index in [1.807, 2.05) is 6.92 Å². The number of aliphatic hydroxyl groups excluding tert-OH is 1. The average molecular weight is 257 g/mol. The summed E-state index contributed by atoms with van der Waals surface area (Å²) in [7, 11) is 0. The summed E-state index contributed by atoms with van der Waals surface area (Å²) in [4.78, 5) is 0. The molecule has 2 nitrogen and oxygen atoms in total. The second-order valence-corrected chi connectivity index (χ2v) is 5.61. The fraction of sp³-hybridized carbons (Fsp3) is 1.00. The van der Waals surface area contributed by atoms with Gasteiger partial charge in [0, 0.05) is 6.04 Å². The van der Waals surface area contributed by atoms with Crippen molar-refractivity contribution in [2.24, 2.45) is 5.73 Å². The molecule has 2 atom stereocenters. The minimum Gasteiger partial charge on any atom is -0.392 e. The Morgan fingerprint density at radius 2 is 1.22 bits per heavy atom. The summed E-state index contributed by atoms with van der Waals surface area (Å²) < 4.78 is 0. The van der Waals surface area contributed by atoms with Gasteiger partial charge in [-0.3, -0.25) is 0 Å². The van der Waals surface area contributed by atoms with E-state index >= 15 is 0 Å². The SMILES string of the molecule is CCCCCCCCCCCC[C@@H](O)[C@@H](N)CC. The highest BCUT2D eigenvalue weighted by atomic mass is 16.3. The molecule has 0 heterocycles. The van der Waals surface area contributed by atoms with Crippen molar-refractivity contribution in [3.8, 4) is 0 Å². The van der Waals surface area contributed by atoms with E-state index in [0.717, 1.165) is 19.3 Å². The largest absolute Gasteiger partial charge is 0.392 e. The molecule has 110 valence electrons. The average Bonchev–Trinajstić information content (AvgIpc) is 2.39. The molecule has 0 aliphatic rings. The molecular formula is C16H35NO. The normalized spacial score (nSPS) is 14.7. The van der Waals surface area contributed by atoms with Crippen LogP contribution in [0.4, 0.5) is 0 Å². The third-order valence-electron chi connectivity index (χ3n) is 3.82. The van der Waals surface area contributed by atoms with Crippen molar-refractivity contribution in [2.45, 2.75) is 103 Å². The molecule has 0 aliphatic heterocycles. The van der Waals surface area contributed by atoms with Gasteiger partial charge in [-0.2, -0.15) is 0 Å². The molecular weight excluding hydrogens is 222 g/mol. The Morgan fingerprint density at radius 3 is 1.67 bits per heavy atom. The zero-order valence-corrected chi connectivity index (χ0v) is 12.7. The highest BCUT2D eigenvalue weighted by Gasteiger charge is 2.11. The molecule has 0 bridgehead atoms. The van der Waals surface area contributed by atoms with Crippen LogP contribution >= 0.6 is 0 Å². The van der Waals surface area contributed by atoms with E-state index in [-0.39, 0.29) is 12.1 Å². The maximum absolute atomic E-state index is 9.72. The summed E-state index contributed by atoms with van der Waals surface area (Å²) >= 11 is 0. The molecule has 0 rings (SSSR count). The van der Waals surface area contributed by atoms with E-state index < -0.39 is 0 Å². The Balaban J connectivity index is 3.11. The lowest BCUT2D eigenvalue weighted by atomic mass is 10.0. The first-order chi connectivity index (χ1) is 8.72. The number of unbranched alkanes of at least 4 members (excludes halogenated alkanes) is 9. The molecule has 0 amide bonds. The molecule has 0 aromatic carbocycles. The smallest absolute Gasteiger partial charge is 0.0691 e. The van der Waals surface area contributed by atoms with Gasteiger partial charge in [0.2, 0.25) is 0 Å². The Bertz CT molecular complexity index is 161. The first-order valence-corrected chi connectivity index (χ1v) is 8.16. The number of aliphatic hydroxyl groups is 1. The van der Waals surface area contributed by atoms with Crippen LogP contribution in [-0.4, -0.2) is 17.3 Å². The van der Waals surface area contributed by atoms with Gasteiger partial charge in [-0.05, 0) is 12.8 Å². The predicted molar refractivity (Wildman–Crippen MR) is 80.7 cm³/mol. The van der Waals surface area contributed by atoms with Crippen molar-refractivity contribution < 1.29 is 5.11 Å². The first kappa shape index (κ1) is 17.9. The van der Waals surface area contributed by atoms with Crippen molar-refractivity contribution in [3.05, 3.63) is 0 Å². The lowest BCUT2D eigenvalue weighted by Crippen LogP contribution is -2.33. The molecule has 0 unspecified atom stereocenters. The molecule has 0 spiro atoms. The Morgan fingerprint density at radius 1 is 0.778 bits per heavy atom. The van der Waals surface area contributed by atoms with Crippen LogP contribution in [0.15, 0.2) is 0 Å². The van der Waals surface area contributed by atoms with Gasteiger partial charge in [-0.15, -0.1) is 0 Å². The highest BCUT2D eigenvalue weighted by molar-refractivity contribution is 4.69. The van der Waals surface area contributed by atoms with Gasteiger partial charge >= 0.3 is 0 Å². The molecule has 18 heavy (non-hydrogen) atoms. The molecule has 3 N–H and O–H groups in total. The zero-order valence-electron chi connectivity index (χ0n) is 12.7. The number of nitrogens with two attached hydrogens (primary N) is 1. The minimum absolute atomic E-state index is 0.0245. The van der Waals surface area contributed by atoms with Gasteiger partial charge in [-0.1, -0.05) is 78.1 Å². The number of hydrogen-bond donors (Lipinski definition) is 2. The summed E-state index contributed by atoms with van der Waals surface area (Å²) in [5.74, 6) is 0. The maximum atomic E-state index is 9.72. The molecule has 0 aromatic heterocycles. The van der Waals surface area contributed by atoms with Gasteiger partial charge in [-0.25, -0.2) is 0 Å². The van der Waals surface area contributed by atoms with Crippen molar-refractivity contribution in [3.63, 3.8) is 0 Å². The lowest BCUT2D eigenvalue weighted by molar-refractivity contribution is 0.129. The van der Waals surface area contributed by atoms with E-state index in [9.17, 15) is 5.11 Å². The lowest BCUT2D eigenvalue weighted by Gasteiger charge is -2.16. The van der Waals surface area contributed by atoms with Gasteiger partial charge < -0.3 is 10.8 Å². The van der Waals surface area contributed by atoms with Crippen molar-refractivity contribution >= 4 is 0 Å². The Kier molecular flexibility index (Phi) is 13.3. The van der Waals surface area contributed by atoms with Crippen LogP contribution in [0.25, 0.3) is 0 Å². The topological polar surface area (TPSA) is 46.2 Å². The van der Waals surface area contributed by atoms with Gasteiger partial charge in [0.15, 0.2) is 0 Å². The van der Waals surface area contributed by atoms with Crippen LogP contribution in [0.5, 0.6) is 0 Å². The molecule has 0 saturated carbocycles. The Hall–Kier alpha value is -0.0800. The van der Waals surface area contributed by atoms with Crippen molar-refractivity contribution in [1.29, 1.82) is 0 Å². The van der Waals surface area contributed by atoms with Crippen LogP contribution in [-0.2, 0) is 0 Å². The summed E-state index contributed by atoms with van der Waals surface area (Å²) in [6.45, 7) is 4.30. The highest BCUT2D eigenvalue weighted by Crippen LogP contribution is 2.12. The van der Waals surface area contributed by atoms with E-state index in [2.05, 4.69) is 6.92 Å². The summed E-state index contributed by atoms with van der Waals surface area (Å²) in [6.07, 6.45) is 14.9. The summed E-state index contributed by atoms with van der Waals surface area (Å²) in [5, 5.41) is 9.72. The van der Waals surface area contributed by atoms with E-state index in [0.29, 0.717) is 0 Å². The van der Waals surface area contributed by atoms with Crippen LogP contribution < -0.4 is 5.73 Å². The summed E-state index contributed by atoms with van der Waals surface area (Å²) in [6, 6.07) is -0.0245. The predicted octanol–water partition coefficient (Wildman–Crippen LogP) is 4.40. The number of hydrogen-bond acceptors (Lipinski definition) is 2. The molecule has 0 aromatic rings. The Labute approximate surface area is 114 Å². The van der Waals surface area contributed by atoms with Gasteiger partial charge in [0.1, 0.15) is 0 Å². The van der Waals surface area contributed by atoms with Crippen molar-refractivity contribution in [1.82, 2.24) is 0 Å². The third-order valence-corrected chi connectivity index (χ3v) is 3.82. The van der Waals surface area contributed by atoms with Crippen LogP contribution in [0.1, 0.15) is 90.9 Å². The second-order valence-electron chi connectivity index (χ2n) is 5.61. The zero-order chi connectivity index (χ0) is 13.6. The van der Waals surface area contributed by atoms with E-state index in [1.165, 1.54) is 57.8 Å². The van der Waals surface area contributed by atoms with Crippen LogP contribution in [0.3, 0.4) is 0 Å². The molecule has 0 fully saturated rings. The van der Waals surface area contributed by atoms with Gasteiger partial charge in [0.05, 0.1) is 6.10 Å². The third kappa shape index (κ3) is 11.0. The van der Waals surface area contributed by atoms with Crippen LogP contribution in [0.2, 0.25) is 0 Å². The monoisotopic (exact) mass is 257 g/mol. The van der Waals surface area contributed by atoms with E-state index in [4.69, 9.17) is 5.73 Å². The standard InChI is InChI=1S/C16H35NO/c1-3-5-6-7-8-9-10-11-12-13-14-16(18)15(17)4-2/h15-16,18H,3-14,17H2,1-2H3/t15-,16+/m0/s1. The number of rotatable bonds is 13. The molecule has 0 radical (unpaired) electrons. The quantitative estimate of drug-likeness (QED) is 0.480. The maximum Gasteiger partial charge on any atom is 0.0691 e. The minimum atomic E-state index is -0.288. The van der Waals surface area contributed by atoms with Crippen molar-refractivity contribution in [2.75, 3.05) is 0 Å². The molecule has 0 aliphatic carbocycles. The first-order valence-electron chi connectivity index (χ1n) is 8.16. The van der Waals surface area contributed by atoms with Gasteiger partial charge in [0.25, 0.3) is 0 Å².